The summed E-state index contributed by atoms with van der Waals surface area (Å²) < 4.78 is 11.5. The van der Waals surface area contributed by atoms with Crippen LogP contribution in [-0.2, 0) is 13.0 Å². The summed E-state index contributed by atoms with van der Waals surface area (Å²) in [7, 11) is 0. The minimum Gasteiger partial charge on any atom is -0.489 e. The van der Waals surface area contributed by atoms with Gasteiger partial charge in [0.1, 0.15) is 18.1 Å². The second-order valence-electron chi connectivity index (χ2n) is 10.5. The van der Waals surface area contributed by atoms with Crippen molar-refractivity contribution in [2.45, 2.75) is 33.3 Å². The van der Waals surface area contributed by atoms with E-state index in [9.17, 15) is 4.79 Å². The summed E-state index contributed by atoms with van der Waals surface area (Å²) in [4.78, 5) is 12.7. The molecule has 4 heteroatoms. The third kappa shape index (κ3) is 7.33. The average molecular weight is 552 g/mol. The van der Waals surface area contributed by atoms with E-state index in [2.05, 4.69) is 44.2 Å². The smallest absolute Gasteiger partial charge is 0.343 e. The molecular formula is C38H33NO3. The van der Waals surface area contributed by atoms with Crippen molar-refractivity contribution >= 4 is 5.97 Å². The zero-order chi connectivity index (χ0) is 29.3. The topological polar surface area (TPSA) is 59.3 Å². The molecule has 0 aliphatic carbocycles. The number of rotatable bonds is 10. The molecule has 208 valence electrons. The van der Waals surface area contributed by atoms with E-state index in [1.54, 1.807) is 24.3 Å². The molecule has 0 heterocycles. The lowest BCUT2D eigenvalue weighted by Gasteiger charge is -2.10. The first kappa shape index (κ1) is 28.4. The Morgan fingerprint density at radius 1 is 0.667 bits per heavy atom. The number of nitriles is 1. The van der Waals surface area contributed by atoms with Crippen molar-refractivity contribution in [1.82, 2.24) is 0 Å². The maximum atomic E-state index is 12.7. The van der Waals surface area contributed by atoms with Gasteiger partial charge < -0.3 is 9.47 Å². The molecule has 5 rings (SSSR count). The standard InChI is InChI=1S/C38H33NO3/c1-3-27(2)24-28-4-10-31(11-5-28)34-16-22-37(23-17-34)42-38(40)35-18-20-36(21-19-35)41-26-30-8-14-33(15-9-30)32-12-6-29(25-39)7-13-32/h4-23,27H,3,24,26H2,1-2H3. The van der Waals surface area contributed by atoms with E-state index in [4.69, 9.17) is 14.7 Å². The lowest BCUT2D eigenvalue weighted by atomic mass is 9.97. The molecule has 0 spiro atoms. The van der Waals surface area contributed by atoms with Gasteiger partial charge in [-0.2, -0.15) is 5.26 Å². The number of carbonyl (C=O) groups excluding carboxylic acids is 1. The van der Waals surface area contributed by atoms with Crippen molar-refractivity contribution in [3.63, 3.8) is 0 Å². The predicted octanol–water partition coefficient (Wildman–Crippen LogP) is 9.28. The lowest BCUT2D eigenvalue weighted by Crippen LogP contribution is -2.08. The van der Waals surface area contributed by atoms with Crippen molar-refractivity contribution in [3.8, 4) is 39.8 Å². The fourth-order valence-corrected chi connectivity index (χ4v) is 4.65. The van der Waals surface area contributed by atoms with Gasteiger partial charge in [0.05, 0.1) is 17.2 Å². The molecule has 5 aromatic rings. The number of hydrogen-bond acceptors (Lipinski definition) is 4. The highest BCUT2D eigenvalue weighted by Gasteiger charge is 2.10. The summed E-state index contributed by atoms with van der Waals surface area (Å²) in [6.07, 6.45) is 2.27. The van der Waals surface area contributed by atoms with Crippen LogP contribution in [0.5, 0.6) is 11.5 Å². The van der Waals surface area contributed by atoms with Crippen LogP contribution in [-0.4, -0.2) is 5.97 Å². The van der Waals surface area contributed by atoms with Gasteiger partial charge in [0.2, 0.25) is 0 Å². The summed E-state index contributed by atoms with van der Waals surface area (Å²) >= 11 is 0. The summed E-state index contributed by atoms with van der Waals surface area (Å²) in [5.74, 6) is 1.44. The number of carbonyl (C=O) groups is 1. The van der Waals surface area contributed by atoms with E-state index in [1.165, 1.54) is 12.0 Å². The molecule has 1 unspecified atom stereocenters. The Kier molecular flexibility index (Phi) is 9.11. The Hall–Kier alpha value is -5.14. The highest BCUT2D eigenvalue weighted by Crippen LogP contribution is 2.25. The normalized spacial score (nSPS) is 11.4. The molecule has 0 amide bonds. The van der Waals surface area contributed by atoms with Crippen LogP contribution in [0.25, 0.3) is 22.3 Å². The molecule has 0 bridgehead atoms. The second kappa shape index (κ2) is 13.5. The zero-order valence-corrected chi connectivity index (χ0v) is 23.9. The number of esters is 1. The molecule has 0 fully saturated rings. The molecule has 0 aliphatic rings. The SMILES string of the molecule is CCC(C)Cc1ccc(-c2ccc(OC(=O)c3ccc(OCc4ccc(-c5ccc(C#N)cc5)cc4)cc3)cc2)cc1. The number of nitrogens with zero attached hydrogens (tertiary/aromatic N) is 1. The van der Waals surface area contributed by atoms with Gasteiger partial charge >= 0.3 is 5.97 Å². The average Bonchev–Trinajstić information content (AvgIpc) is 3.05. The maximum Gasteiger partial charge on any atom is 0.343 e. The van der Waals surface area contributed by atoms with Gasteiger partial charge in [-0.25, -0.2) is 4.79 Å². The molecule has 0 aromatic heterocycles. The molecule has 0 N–H and O–H groups in total. The number of benzene rings is 5. The van der Waals surface area contributed by atoms with Crippen LogP contribution < -0.4 is 9.47 Å². The molecule has 42 heavy (non-hydrogen) atoms. The predicted molar refractivity (Wildman–Crippen MR) is 167 cm³/mol. The highest BCUT2D eigenvalue weighted by atomic mass is 16.5. The van der Waals surface area contributed by atoms with E-state index < -0.39 is 5.97 Å². The second-order valence-corrected chi connectivity index (χ2v) is 10.5. The van der Waals surface area contributed by atoms with Gasteiger partial charge in [0.15, 0.2) is 0 Å². The van der Waals surface area contributed by atoms with Crippen molar-refractivity contribution in [1.29, 1.82) is 5.26 Å². The number of hydrogen-bond donors (Lipinski definition) is 0. The van der Waals surface area contributed by atoms with Crippen molar-refractivity contribution < 1.29 is 14.3 Å². The molecule has 0 radical (unpaired) electrons. The molecule has 0 aliphatic heterocycles. The van der Waals surface area contributed by atoms with Gasteiger partial charge in [0.25, 0.3) is 0 Å². The van der Waals surface area contributed by atoms with Crippen LogP contribution in [0.15, 0.2) is 121 Å². The first-order chi connectivity index (χ1) is 20.5. The first-order valence-electron chi connectivity index (χ1n) is 14.2. The Morgan fingerprint density at radius 3 is 1.67 bits per heavy atom. The quantitative estimate of drug-likeness (QED) is 0.128. The summed E-state index contributed by atoms with van der Waals surface area (Å²) in [6.45, 7) is 4.91. The molecule has 5 aromatic carbocycles. The summed E-state index contributed by atoms with van der Waals surface area (Å²) in [5.41, 5.74) is 7.83. The van der Waals surface area contributed by atoms with E-state index >= 15 is 0 Å². The largest absolute Gasteiger partial charge is 0.489 e. The number of ether oxygens (including phenoxy) is 2. The lowest BCUT2D eigenvalue weighted by molar-refractivity contribution is 0.0734. The minimum absolute atomic E-state index is 0.407. The van der Waals surface area contributed by atoms with Crippen LogP contribution in [0.3, 0.4) is 0 Å². The van der Waals surface area contributed by atoms with Gasteiger partial charge in [-0.1, -0.05) is 93.1 Å². The summed E-state index contributed by atoms with van der Waals surface area (Å²) in [6, 6.07) is 41.0. The Labute approximate surface area is 247 Å². The van der Waals surface area contributed by atoms with Crippen molar-refractivity contribution in [3.05, 3.63) is 144 Å². The molecule has 0 saturated heterocycles. The van der Waals surface area contributed by atoms with Crippen molar-refractivity contribution in [2.24, 2.45) is 5.92 Å². The van der Waals surface area contributed by atoms with E-state index in [-0.39, 0.29) is 0 Å². The van der Waals surface area contributed by atoms with Crippen LogP contribution in [0.2, 0.25) is 0 Å². The van der Waals surface area contributed by atoms with E-state index in [1.807, 2.05) is 72.8 Å². The first-order valence-corrected chi connectivity index (χ1v) is 14.2. The van der Waals surface area contributed by atoms with Crippen LogP contribution in [0.4, 0.5) is 0 Å². The van der Waals surface area contributed by atoms with E-state index in [0.29, 0.717) is 35.2 Å². The van der Waals surface area contributed by atoms with Crippen LogP contribution in [0.1, 0.15) is 47.3 Å². The Morgan fingerprint density at radius 2 is 1.14 bits per heavy atom. The fraction of sp³-hybridized carbons (Fsp3) is 0.158. The third-order valence-corrected chi connectivity index (χ3v) is 7.43. The maximum absolute atomic E-state index is 12.7. The monoisotopic (exact) mass is 551 g/mol. The van der Waals surface area contributed by atoms with Crippen LogP contribution >= 0.6 is 0 Å². The van der Waals surface area contributed by atoms with Gasteiger partial charge in [-0.05, 0) is 94.3 Å². The third-order valence-electron chi connectivity index (χ3n) is 7.43. The molecule has 4 nitrogen and oxygen atoms in total. The Bertz CT molecular complexity index is 1650. The van der Waals surface area contributed by atoms with E-state index in [0.717, 1.165) is 34.2 Å². The van der Waals surface area contributed by atoms with Gasteiger partial charge in [-0.3, -0.25) is 0 Å². The van der Waals surface area contributed by atoms with Gasteiger partial charge in [0, 0.05) is 0 Å². The Balaban J connectivity index is 1.12. The van der Waals surface area contributed by atoms with Crippen LogP contribution in [0, 0.1) is 17.2 Å². The van der Waals surface area contributed by atoms with Gasteiger partial charge in [-0.15, -0.1) is 0 Å². The van der Waals surface area contributed by atoms with Crippen molar-refractivity contribution in [2.75, 3.05) is 0 Å². The fourth-order valence-electron chi connectivity index (χ4n) is 4.65. The summed E-state index contributed by atoms with van der Waals surface area (Å²) in [5, 5.41) is 8.97. The molecular weight excluding hydrogens is 518 g/mol. The molecule has 0 saturated carbocycles. The zero-order valence-electron chi connectivity index (χ0n) is 23.9. The highest BCUT2D eigenvalue weighted by molar-refractivity contribution is 5.91. The minimum atomic E-state index is -0.415. The molecule has 1 atom stereocenters.